The van der Waals surface area contributed by atoms with Crippen molar-refractivity contribution in [2.24, 2.45) is 0 Å². The van der Waals surface area contributed by atoms with Crippen LogP contribution in [0.3, 0.4) is 0 Å². The molecule has 4 heteroatoms. The molecule has 0 unspecified atom stereocenters. The summed E-state index contributed by atoms with van der Waals surface area (Å²) in [6.07, 6.45) is 0. The van der Waals surface area contributed by atoms with Crippen molar-refractivity contribution in [1.29, 1.82) is 0 Å². The molecule has 0 aromatic heterocycles. The maximum absolute atomic E-state index is 3.89. The van der Waals surface area contributed by atoms with Gasteiger partial charge in [0.05, 0.1) is 11.4 Å². The van der Waals surface area contributed by atoms with Gasteiger partial charge < -0.3 is 9.80 Å². The largest absolute Gasteiger partial charge is 0.309 e. The van der Waals surface area contributed by atoms with Crippen molar-refractivity contribution in [3.8, 4) is 44.5 Å². The molecule has 0 aliphatic carbocycles. The number of benzene rings is 9. The van der Waals surface area contributed by atoms with Gasteiger partial charge >= 0.3 is 0 Å². The van der Waals surface area contributed by atoms with Gasteiger partial charge in [0.25, 0.3) is 0 Å². The third kappa shape index (κ3) is 9.45. The lowest BCUT2D eigenvalue weighted by atomic mass is 9.81. The van der Waals surface area contributed by atoms with Crippen molar-refractivity contribution in [3.05, 3.63) is 238 Å². The first-order valence-electron chi connectivity index (χ1n) is 22.6. The molecule has 0 fully saturated rings. The minimum Gasteiger partial charge on any atom is -0.309 e. The Morgan fingerprint density at radius 1 is 0.288 bits per heavy atom. The number of hydrogen-bond acceptors (Lipinski definition) is 2. The fraction of sp³-hybridized carbons (Fsp3) is 0.129. The summed E-state index contributed by atoms with van der Waals surface area (Å²) in [4.78, 5) is 4.92. The Morgan fingerprint density at radius 3 is 0.803 bits per heavy atom. The van der Waals surface area contributed by atoms with Crippen molar-refractivity contribution < 1.29 is 0 Å². The molecule has 0 bridgehead atoms. The maximum atomic E-state index is 3.89. The standard InChI is InChI=1S/C62H54Br2N2/c1-61(2,3)47-36-55(43-22-11-7-12-23-43)59(56(37-47)44-24-13-8-14-25-44)65(51-32-19-30-49(63)40-51)53-34-21-35-54(42-53)66(52-33-20-31-50(64)41-52)60-57(45-26-15-9-16-27-45)38-48(62(4,5)6)39-58(60)46-28-17-10-18-29-46/h7-42H,1-6H3. The predicted octanol–water partition coefficient (Wildman–Crippen LogP) is 19.4. The van der Waals surface area contributed by atoms with Gasteiger partial charge in [-0.25, -0.2) is 0 Å². The molecule has 0 spiro atoms. The van der Waals surface area contributed by atoms with Crippen LogP contribution in [0, 0.1) is 0 Å². The Bertz CT molecular complexity index is 2780. The van der Waals surface area contributed by atoms with Gasteiger partial charge in [-0.3, -0.25) is 0 Å². The van der Waals surface area contributed by atoms with E-state index in [0.717, 1.165) is 87.6 Å². The average Bonchev–Trinajstić information content (AvgIpc) is 3.32. The Labute approximate surface area is 408 Å². The van der Waals surface area contributed by atoms with E-state index in [1.807, 2.05) is 0 Å². The summed E-state index contributed by atoms with van der Waals surface area (Å²) in [5, 5.41) is 0. The van der Waals surface area contributed by atoms with Crippen LogP contribution in [0.25, 0.3) is 44.5 Å². The van der Waals surface area contributed by atoms with Gasteiger partial charge in [0.15, 0.2) is 0 Å². The highest BCUT2D eigenvalue weighted by Gasteiger charge is 2.29. The van der Waals surface area contributed by atoms with Crippen LogP contribution < -0.4 is 9.80 Å². The van der Waals surface area contributed by atoms with E-state index < -0.39 is 0 Å². The second-order valence-electron chi connectivity index (χ2n) is 19.0. The Balaban J connectivity index is 1.39. The molecule has 0 saturated heterocycles. The van der Waals surface area contributed by atoms with E-state index in [9.17, 15) is 0 Å². The van der Waals surface area contributed by atoms with Crippen LogP contribution in [0.5, 0.6) is 0 Å². The number of nitrogens with zero attached hydrogens (tertiary/aromatic N) is 2. The van der Waals surface area contributed by atoms with Crippen LogP contribution in [0.4, 0.5) is 34.1 Å². The Morgan fingerprint density at radius 2 is 0.545 bits per heavy atom. The Hall–Kier alpha value is -6.46. The van der Waals surface area contributed by atoms with Crippen molar-refractivity contribution in [3.63, 3.8) is 0 Å². The summed E-state index contributed by atoms with van der Waals surface area (Å²) in [6, 6.07) is 79.5. The molecule has 0 heterocycles. The zero-order valence-electron chi connectivity index (χ0n) is 38.4. The SMILES string of the molecule is CC(C)(C)c1cc(-c2ccccc2)c(N(c2cccc(Br)c2)c2cccc(N(c3cccc(Br)c3)c3c(-c4ccccc4)cc(C(C)(C)C)cc3-c3ccccc3)c2)c(-c2ccccc2)c1. The van der Waals surface area contributed by atoms with Crippen LogP contribution in [-0.2, 0) is 10.8 Å². The van der Waals surface area contributed by atoms with E-state index in [0.29, 0.717) is 0 Å². The normalized spacial score (nSPS) is 11.6. The van der Waals surface area contributed by atoms with Gasteiger partial charge in [0.2, 0.25) is 0 Å². The summed E-state index contributed by atoms with van der Waals surface area (Å²) in [6.45, 7) is 13.8. The minimum atomic E-state index is -0.105. The zero-order valence-corrected chi connectivity index (χ0v) is 41.6. The number of halogens is 2. The maximum Gasteiger partial charge on any atom is 0.0618 e. The van der Waals surface area contributed by atoms with Gasteiger partial charge in [0.1, 0.15) is 0 Å². The van der Waals surface area contributed by atoms with E-state index in [4.69, 9.17) is 0 Å². The second-order valence-corrected chi connectivity index (χ2v) is 20.8. The molecule has 2 nitrogen and oxygen atoms in total. The minimum absolute atomic E-state index is 0.105. The van der Waals surface area contributed by atoms with E-state index in [2.05, 4.69) is 302 Å². The van der Waals surface area contributed by atoms with E-state index in [-0.39, 0.29) is 10.8 Å². The van der Waals surface area contributed by atoms with Crippen LogP contribution >= 0.6 is 31.9 Å². The quantitative estimate of drug-likeness (QED) is 0.135. The molecule has 9 aromatic rings. The predicted molar refractivity (Wildman–Crippen MR) is 290 cm³/mol. The smallest absolute Gasteiger partial charge is 0.0618 e. The lowest BCUT2D eigenvalue weighted by molar-refractivity contribution is 0.590. The molecule has 0 N–H and O–H groups in total. The van der Waals surface area contributed by atoms with Crippen molar-refractivity contribution in [1.82, 2.24) is 0 Å². The lowest BCUT2D eigenvalue weighted by Gasteiger charge is -2.35. The Kier molecular flexibility index (Phi) is 12.7. The highest BCUT2D eigenvalue weighted by atomic mass is 79.9. The van der Waals surface area contributed by atoms with Crippen LogP contribution in [-0.4, -0.2) is 0 Å². The van der Waals surface area contributed by atoms with Crippen LogP contribution in [0.1, 0.15) is 52.7 Å². The summed E-state index contributed by atoms with van der Waals surface area (Å²) in [7, 11) is 0. The zero-order chi connectivity index (χ0) is 46.0. The van der Waals surface area contributed by atoms with Crippen LogP contribution in [0.2, 0.25) is 0 Å². The molecule has 0 amide bonds. The van der Waals surface area contributed by atoms with Crippen LogP contribution in [0.15, 0.2) is 227 Å². The lowest BCUT2D eigenvalue weighted by Crippen LogP contribution is -2.18. The third-order valence-corrected chi connectivity index (χ3v) is 13.2. The molecule has 0 atom stereocenters. The second kappa shape index (κ2) is 18.8. The fourth-order valence-electron chi connectivity index (χ4n) is 8.78. The molecule has 9 aromatic carbocycles. The van der Waals surface area contributed by atoms with E-state index in [1.165, 1.54) is 11.1 Å². The molecular formula is C62H54Br2N2. The summed E-state index contributed by atoms with van der Waals surface area (Å²) < 4.78 is 2.01. The molecule has 0 aliphatic rings. The highest BCUT2D eigenvalue weighted by Crippen LogP contribution is 2.52. The topological polar surface area (TPSA) is 6.48 Å². The molecule has 326 valence electrons. The fourth-order valence-corrected chi connectivity index (χ4v) is 9.56. The van der Waals surface area contributed by atoms with E-state index in [1.54, 1.807) is 0 Å². The van der Waals surface area contributed by atoms with Gasteiger partial charge in [0, 0.05) is 53.9 Å². The molecular weight excluding hydrogens is 933 g/mol. The van der Waals surface area contributed by atoms with Crippen molar-refractivity contribution in [2.75, 3.05) is 9.80 Å². The average molecular weight is 987 g/mol. The van der Waals surface area contributed by atoms with Gasteiger partial charge in [-0.05, 0) is 123 Å². The van der Waals surface area contributed by atoms with Crippen molar-refractivity contribution in [2.45, 2.75) is 52.4 Å². The molecule has 9 rings (SSSR count). The first kappa shape index (κ1) is 44.7. The first-order valence-corrected chi connectivity index (χ1v) is 24.2. The molecule has 66 heavy (non-hydrogen) atoms. The highest BCUT2D eigenvalue weighted by molar-refractivity contribution is 9.10. The molecule has 0 saturated carbocycles. The summed E-state index contributed by atoms with van der Waals surface area (Å²) in [5.74, 6) is 0. The third-order valence-electron chi connectivity index (χ3n) is 12.2. The monoisotopic (exact) mass is 984 g/mol. The first-order chi connectivity index (χ1) is 31.8. The number of rotatable bonds is 10. The number of anilines is 6. The van der Waals surface area contributed by atoms with Gasteiger partial charge in [-0.15, -0.1) is 0 Å². The van der Waals surface area contributed by atoms with E-state index >= 15 is 0 Å². The molecule has 0 radical (unpaired) electrons. The molecule has 0 aliphatic heterocycles. The van der Waals surface area contributed by atoms with Crippen molar-refractivity contribution >= 4 is 66.0 Å². The summed E-state index contributed by atoms with van der Waals surface area (Å²) >= 11 is 7.77. The summed E-state index contributed by atoms with van der Waals surface area (Å²) in [5.41, 5.74) is 17.9. The van der Waals surface area contributed by atoms with Gasteiger partial charge in [-0.1, -0.05) is 213 Å². The number of hydrogen-bond donors (Lipinski definition) is 0. The van der Waals surface area contributed by atoms with Gasteiger partial charge in [-0.2, -0.15) is 0 Å².